The van der Waals surface area contributed by atoms with Gasteiger partial charge in [0.25, 0.3) is 0 Å². The van der Waals surface area contributed by atoms with E-state index < -0.39 is 0 Å². The van der Waals surface area contributed by atoms with E-state index >= 15 is 0 Å². The Morgan fingerprint density at radius 1 is 0.917 bits per heavy atom. The molecule has 5 fully saturated rings. The second-order valence-corrected chi connectivity index (χ2v) is 10.6. The predicted octanol–water partition coefficient (Wildman–Crippen LogP) is 5.00. The summed E-state index contributed by atoms with van der Waals surface area (Å²) >= 11 is 0. The van der Waals surface area contributed by atoms with Gasteiger partial charge in [-0.3, -0.25) is 4.79 Å². The van der Waals surface area contributed by atoms with Crippen molar-refractivity contribution in [3.63, 3.8) is 0 Å². The maximum atomic E-state index is 12.2. The fraction of sp³-hybridized carbons (Fsp3) is 0.955. The molecule has 5 aliphatic rings. The first-order chi connectivity index (χ1) is 11.4. The fourth-order valence-electron chi connectivity index (χ4n) is 8.34. The lowest BCUT2D eigenvalue weighted by Gasteiger charge is -2.61. The van der Waals surface area contributed by atoms with Crippen molar-refractivity contribution in [3.05, 3.63) is 0 Å². The van der Waals surface area contributed by atoms with E-state index in [-0.39, 0.29) is 0 Å². The van der Waals surface area contributed by atoms with E-state index in [0.717, 1.165) is 36.7 Å². The van der Waals surface area contributed by atoms with E-state index in [2.05, 4.69) is 13.8 Å². The molecule has 0 aromatic heterocycles. The van der Waals surface area contributed by atoms with E-state index in [9.17, 15) is 4.79 Å². The standard InChI is InChI=1S/C22H34O2/c1-14(23)17-6-7-18-16-5-4-15-12-22(13-24-22)11-10-20(15,2)19(16)8-9-21(17,18)3/h15-19H,4-13H2,1-3H3/t15-,16-,17+,18-,19-,20-,21+,22+/m0/s1. The molecular weight excluding hydrogens is 296 g/mol. The van der Waals surface area contributed by atoms with Gasteiger partial charge in [-0.25, -0.2) is 0 Å². The van der Waals surface area contributed by atoms with Gasteiger partial charge in [-0.15, -0.1) is 0 Å². The third-order valence-corrected chi connectivity index (χ3v) is 9.85. The first-order valence-corrected chi connectivity index (χ1v) is 10.5. The maximum absolute atomic E-state index is 12.2. The van der Waals surface area contributed by atoms with E-state index in [1.807, 2.05) is 6.92 Å². The zero-order chi connectivity index (χ0) is 16.7. The number of Topliss-reactive ketones (excluding diaryl/α,β-unsaturated/α-hetero) is 1. The smallest absolute Gasteiger partial charge is 0.133 e. The Balaban J connectivity index is 1.43. The monoisotopic (exact) mass is 330 g/mol. The molecule has 0 aromatic rings. The van der Waals surface area contributed by atoms with Gasteiger partial charge in [0, 0.05) is 5.92 Å². The van der Waals surface area contributed by atoms with Crippen molar-refractivity contribution in [2.24, 2.45) is 40.4 Å². The van der Waals surface area contributed by atoms with Crippen LogP contribution in [0.25, 0.3) is 0 Å². The van der Waals surface area contributed by atoms with Gasteiger partial charge in [0.2, 0.25) is 0 Å². The van der Waals surface area contributed by atoms with Gasteiger partial charge in [-0.2, -0.15) is 0 Å². The Hall–Kier alpha value is -0.370. The van der Waals surface area contributed by atoms with Crippen molar-refractivity contribution in [3.8, 4) is 0 Å². The first kappa shape index (κ1) is 15.9. The van der Waals surface area contributed by atoms with Gasteiger partial charge >= 0.3 is 0 Å². The van der Waals surface area contributed by atoms with E-state index in [4.69, 9.17) is 4.74 Å². The number of ether oxygens (including phenoxy) is 1. The molecule has 4 aliphatic carbocycles. The molecule has 1 heterocycles. The number of rotatable bonds is 1. The van der Waals surface area contributed by atoms with Gasteiger partial charge in [0.05, 0.1) is 12.2 Å². The van der Waals surface area contributed by atoms with E-state index in [1.54, 1.807) is 0 Å². The zero-order valence-corrected chi connectivity index (χ0v) is 15.8. The van der Waals surface area contributed by atoms with Crippen molar-refractivity contribution < 1.29 is 9.53 Å². The number of carbonyl (C=O) groups excluding carboxylic acids is 1. The highest BCUT2D eigenvalue weighted by atomic mass is 16.6. The second-order valence-electron chi connectivity index (χ2n) is 10.6. The van der Waals surface area contributed by atoms with Crippen LogP contribution in [0.4, 0.5) is 0 Å². The number of ketones is 1. The molecule has 1 saturated heterocycles. The van der Waals surface area contributed by atoms with Gasteiger partial charge in [0.15, 0.2) is 0 Å². The maximum Gasteiger partial charge on any atom is 0.133 e. The van der Waals surface area contributed by atoms with Gasteiger partial charge < -0.3 is 4.74 Å². The Morgan fingerprint density at radius 3 is 2.38 bits per heavy atom. The topological polar surface area (TPSA) is 29.6 Å². The minimum absolute atomic E-state index is 0.311. The lowest BCUT2D eigenvalue weighted by atomic mass is 9.44. The van der Waals surface area contributed by atoms with Crippen LogP contribution in [0.1, 0.15) is 78.6 Å². The molecule has 0 N–H and O–H groups in total. The predicted molar refractivity (Wildman–Crippen MR) is 94.6 cm³/mol. The summed E-state index contributed by atoms with van der Waals surface area (Å²) in [6, 6.07) is 0. The summed E-state index contributed by atoms with van der Waals surface area (Å²) in [5.41, 5.74) is 1.18. The molecule has 4 saturated carbocycles. The van der Waals surface area contributed by atoms with Crippen molar-refractivity contribution in [1.29, 1.82) is 0 Å². The van der Waals surface area contributed by atoms with Crippen LogP contribution in [0.5, 0.6) is 0 Å². The summed E-state index contributed by atoms with van der Waals surface area (Å²) in [7, 11) is 0. The molecule has 8 atom stereocenters. The van der Waals surface area contributed by atoms with E-state index in [0.29, 0.717) is 28.1 Å². The van der Waals surface area contributed by atoms with Crippen molar-refractivity contribution >= 4 is 5.78 Å². The fourth-order valence-corrected chi connectivity index (χ4v) is 8.34. The van der Waals surface area contributed by atoms with Crippen molar-refractivity contribution in [2.45, 2.75) is 84.2 Å². The molecule has 0 aromatic carbocycles. The third-order valence-electron chi connectivity index (χ3n) is 9.85. The minimum Gasteiger partial charge on any atom is -0.370 e. The molecular formula is C22H34O2. The molecule has 0 bridgehead atoms. The van der Waals surface area contributed by atoms with Crippen LogP contribution in [0.3, 0.4) is 0 Å². The number of epoxide rings is 1. The van der Waals surface area contributed by atoms with Crippen molar-refractivity contribution in [1.82, 2.24) is 0 Å². The molecule has 134 valence electrons. The van der Waals surface area contributed by atoms with Crippen LogP contribution < -0.4 is 0 Å². The Morgan fingerprint density at radius 2 is 1.67 bits per heavy atom. The Labute approximate surface area is 147 Å². The molecule has 2 nitrogen and oxygen atoms in total. The lowest BCUT2D eigenvalue weighted by molar-refractivity contribution is -0.136. The van der Waals surface area contributed by atoms with Crippen LogP contribution in [0.2, 0.25) is 0 Å². The molecule has 5 rings (SSSR count). The molecule has 0 unspecified atom stereocenters. The van der Waals surface area contributed by atoms with Crippen LogP contribution in [0, 0.1) is 40.4 Å². The third kappa shape index (κ3) is 1.95. The average molecular weight is 331 g/mol. The summed E-state index contributed by atoms with van der Waals surface area (Å²) in [5.74, 6) is 4.33. The van der Waals surface area contributed by atoms with Gasteiger partial charge in [-0.1, -0.05) is 13.8 Å². The summed E-state index contributed by atoms with van der Waals surface area (Å²) < 4.78 is 5.86. The lowest BCUT2D eigenvalue weighted by Crippen LogP contribution is -2.54. The van der Waals surface area contributed by atoms with Crippen LogP contribution in [0.15, 0.2) is 0 Å². The number of fused-ring (bicyclic) bond motifs is 5. The molecule has 0 radical (unpaired) electrons. The largest absolute Gasteiger partial charge is 0.370 e. The van der Waals surface area contributed by atoms with Crippen molar-refractivity contribution in [2.75, 3.05) is 6.61 Å². The van der Waals surface area contributed by atoms with Gasteiger partial charge in [-0.05, 0) is 99.2 Å². The SMILES string of the molecule is CC(=O)[C@H]1CC[C@H]2[C@@H]3CC[C@H]4C[C@]5(CC[C@]4(C)[C@H]3CC[C@]12C)CO5. The molecule has 24 heavy (non-hydrogen) atoms. The Bertz CT molecular complexity index is 564. The first-order valence-electron chi connectivity index (χ1n) is 10.5. The molecule has 1 spiro atoms. The average Bonchev–Trinajstić information content (AvgIpc) is 3.19. The highest BCUT2D eigenvalue weighted by Crippen LogP contribution is 2.68. The second kappa shape index (κ2) is 4.87. The van der Waals surface area contributed by atoms with E-state index in [1.165, 1.54) is 51.4 Å². The molecule has 1 aliphatic heterocycles. The summed E-state index contributed by atoms with van der Waals surface area (Å²) in [4.78, 5) is 12.2. The minimum atomic E-state index is 0.311. The normalized spacial score (nSPS) is 58.7. The quantitative estimate of drug-likeness (QED) is 0.633. The number of carbonyl (C=O) groups is 1. The van der Waals surface area contributed by atoms with Gasteiger partial charge in [0.1, 0.15) is 5.78 Å². The summed E-state index contributed by atoms with van der Waals surface area (Å²) in [5, 5.41) is 0. The van der Waals surface area contributed by atoms with Crippen LogP contribution >= 0.6 is 0 Å². The van der Waals surface area contributed by atoms with Crippen LogP contribution in [-0.4, -0.2) is 18.0 Å². The number of hydrogen-bond donors (Lipinski definition) is 0. The Kier molecular flexibility index (Phi) is 3.22. The number of hydrogen-bond acceptors (Lipinski definition) is 2. The summed E-state index contributed by atoms with van der Waals surface area (Å²) in [6.07, 6.45) is 12.0. The molecule has 2 heteroatoms. The highest BCUT2D eigenvalue weighted by Gasteiger charge is 2.63. The zero-order valence-electron chi connectivity index (χ0n) is 15.8. The summed E-state index contributed by atoms with van der Waals surface area (Å²) in [6.45, 7) is 7.98. The highest BCUT2D eigenvalue weighted by molar-refractivity contribution is 5.79. The van der Waals surface area contributed by atoms with Crippen LogP contribution in [-0.2, 0) is 9.53 Å². The molecule has 0 amide bonds.